The van der Waals surface area contributed by atoms with Crippen LogP contribution in [-0.2, 0) is 4.74 Å². The molecule has 0 aliphatic rings. The van der Waals surface area contributed by atoms with E-state index in [1.807, 2.05) is 25.3 Å². The molecule has 4 heteroatoms. The molecule has 1 rings (SSSR count). The third-order valence-electron chi connectivity index (χ3n) is 3.11. The van der Waals surface area contributed by atoms with Gasteiger partial charge < -0.3 is 14.7 Å². The van der Waals surface area contributed by atoms with E-state index >= 15 is 0 Å². The maximum Gasteiger partial charge on any atom is 0.0957 e. The molecule has 1 aromatic heterocycles. The van der Waals surface area contributed by atoms with Gasteiger partial charge in [-0.2, -0.15) is 0 Å². The summed E-state index contributed by atoms with van der Waals surface area (Å²) >= 11 is 0. The van der Waals surface area contributed by atoms with Gasteiger partial charge in [-0.3, -0.25) is 4.98 Å². The molecule has 1 aromatic rings. The van der Waals surface area contributed by atoms with Gasteiger partial charge in [0.25, 0.3) is 0 Å². The molecule has 4 nitrogen and oxygen atoms in total. The predicted molar refractivity (Wildman–Crippen MR) is 73.8 cm³/mol. The van der Waals surface area contributed by atoms with Gasteiger partial charge in [0.2, 0.25) is 0 Å². The van der Waals surface area contributed by atoms with Crippen LogP contribution in [0.15, 0.2) is 18.3 Å². The summed E-state index contributed by atoms with van der Waals surface area (Å²) < 4.78 is 5.19. The normalized spacial score (nSPS) is 14.3. The molecule has 0 aromatic carbocycles. The summed E-state index contributed by atoms with van der Waals surface area (Å²) in [5.74, 6) is 0. The molecule has 102 valence electrons. The maximum absolute atomic E-state index is 9.71. The van der Waals surface area contributed by atoms with E-state index in [0.717, 1.165) is 17.9 Å². The van der Waals surface area contributed by atoms with E-state index in [4.69, 9.17) is 4.74 Å². The molecule has 1 N–H and O–H groups in total. The SMILES string of the molecule is CC[C@H](O)c1ccc(N(CC)C(C)COC)cn1. The zero-order chi connectivity index (χ0) is 13.5. The minimum absolute atomic E-state index is 0.309. The first-order chi connectivity index (χ1) is 8.63. The number of methoxy groups -OCH3 is 1. The molecule has 18 heavy (non-hydrogen) atoms. The van der Waals surface area contributed by atoms with Crippen molar-refractivity contribution < 1.29 is 9.84 Å². The number of pyridine rings is 1. The van der Waals surface area contributed by atoms with E-state index in [0.29, 0.717) is 19.1 Å². The second-order valence-corrected chi connectivity index (χ2v) is 4.46. The molecule has 0 aliphatic heterocycles. The number of anilines is 1. The van der Waals surface area contributed by atoms with Crippen molar-refractivity contribution in [3.8, 4) is 0 Å². The van der Waals surface area contributed by atoms with Crippen LogP contribution in [0.2, 0.25) is 0 Å². The minimum Gasteiger partial charge on any atom is -0.387 e. The molecule has 0 spiro atoms. The largest absolute Gasteiger partial charge is 0.387 e. The Morgan fingerprint density at radius 3 is 2.56 bits per heavy atom. The van der Waals surface area contributed by atoms with Crippen molar-refractivity contribution in [2.24, 2.45) is 0 Å². The molecule has 0 radical (unpaired) electrons. The average molecular weight is 252 g/mol. The quantitative estimate of drug-likeness (QED) is 0.809. The lowest BCUT2D eigenvalue weighted by Crippen LogP contribution is -2.36. The Kier molecular flexibility index (Phi) is 6.09. The number of hydrogen-bond donors (Lipinski definition) is 1. The second-order valence-electron chi connectivity index (χ2n) is 4.46. The van der Waals surface area contributed by atoms with Crippen LogP contribution in [0.25, 0.3) is 0 Å². The average Bonchev–Trinajstić information content (AvgIpc) is 2.40. The van der Waals surface area contributed by atoms with Crippen LogP contribution in [0, 0.1) is 0 Å². The lowest BCUT2D eigenvalue weighted by atomic mass is 10.1. The summed E-state index contributed by atoms with van der Waals surface area (Å²) in [4.78, 5) is 6.56. The Morgan fingerprint density at radius 2 is 2.11 bits per heavy atom. The highest BCUT2D eigenvalue weighted by molar-refractivity contribution is 5.45. The Hall–Kier alpha value is -1.13. The summed E-state index contributed by atoms with van der Waals surface area (Å²) in [6, 6.07) is 4.21. The maximum atomic E-state index is 9.71. The Morgan fingerprint density at radius 1 is 1.39 bits per heavy atom. The monoisotopic (exact) mass is 252 g/mol. The Balaban J connectivity index is 2.81. The van der Waals surface area contributed by atoms with Gasteiger partial charge in [-0.25, -0.2) is 0 Å². The standard InChI is InChI=1S/C14H24N2O2/c1-5-14(17)13-8-7-12(9-15-13)16(6-2)11(3)10-18-4/h7-9,11,14,17H,5-6,10H2,1-4H3/t11?,14-/m0/s1. The topological polar surface area (TPSA) is 45.6 Å². The fraction of sp³-hybridized carbons (Fsp3) is 0.643. The lowest BCUT2D eigenvalue weighted by Gasteiger charge is -2.29. The fourth-order valence-electron chi connectivity index (χ4n) is 2.05. The molecule has 0 bridgehead atoms. The lowest BCUT2D eigenvalue weighted by molar-refractivity contribution is 0.169. The van der Waals surface area contributed by atoms with Gasteiger partial charge in [0, 0.05) is 19.7 Å². The van der Waals surface area contributed by atoms with Crippen LogP contribution >= 0.6 is 0 Å². The molecule has 0 fully saturated rings. The predicted octanol–water partition coefficient (Wildman–Crippen LogP) is 2.39. The smallest absolute Gasteiger partial charge is 0.0957 e. The Labute approximate surface area is 110 Å². The van der Waals surface area contributed by atoms with Crippen molar-refractivity contribution in [2.45, 2.75) is 39.3 Å². The molecule has 0 amide bonds. The number of ether oxygens (including phenoxy) is 1. The summed E-state index contributed by atoms with van der Waals surface area (Å²) in [6.45, 7) is 7.77. The van der Waals surface area contributed by atoms with Crippen LogP contribution in [0.3, 0.4) is 0 Å². The molecular weight excluding hydrogens is 228 g/mol. The van der Waals surface area contributed by atoms with Crippen molar-refractivity contribution in [1.82, 2.24) is 4.98 Å². The number of aromatic nitrogens is 1. The van der Waals surface area contributed by atoms with Gasteiger partial charge in [0.15, 0.2) is 0 Å². The fourth-order valence-corrected chi connectivity index (χ4v) is 2.05. The summed E-state index contributed by atoms with van der Waals surface area (Å²) in [5.41, 5.74) is 1.80. The number of aliphatic hydroxyl groups excluding tert-OH is 1. The van der Waals surface area contributed by atoms with E-state index in [1.165, 1.54) is 0 Å². The van der Waals surface area contributed by atoms with Crippen LogP contribution in [0.5, 0.6) is 0 Å². The van der Waals surface area contributed by atoms with Gasteiger partial charge >= 0.3 is 0 Å². The minimum atomic E-state index is -0.467. The van der Waals surface area contributed by atoms with Crippen molar-refractivity contribution in [3.63, 3.8) is 0 Å². The van der Waals surface area contributed by atoms with Crippen molar-refractivity contribution >= 4 is 5.69 Å². The number of aliphatic hydroxyl groups is 1. The number of rotatable bonds is 7. The van der Waals surface area contributed by atoms with Crippen molar-refractivity contribution in [1.29, 1.82) is 0 Å². The van der Waals surface area contributed by atoms with Crippen LogP contribution in [-0.4, -0.2) is 36.4 Å². The van der Waals surface area contributed by atoms with E-state index < -0.39 is 6.10 Å². The van der Waals surface area contributed by atoms with E-state index in [2.05, 4.69) is 23.7 Å². The number of hydrogen-bond acceptors (Lipinski definition) is 4. The summed E-state index contributed by atoms with van der Waals surface area (Å²) in [5, 5.41) is 9.71. The molecule has 1 heterocycles. The molecular formula is C14H24N2O2. The van der Waals surface area contributed by atoms with Crippen LogP contribution in [0.4, 0.5) is 5.69 Å². The second kappa shape index (κ2) is 7.34. The van der Waals surface area contributed by atoms with Crippen LogP contribution in [0.1, 0.15) is 39.0 Å². The summed E-state index contributed by atoms with van der Waals surface area (Å²) in [6.07, 6.45) is 2.04. The van der Waals surface area contributed by atoms with Crippen LogP contribution < -0.4 is 4.90 Å². The van der Waals surface area contributed by atoms with Gasteiger partial charge in [0.05, 0.1) is 30.3 Å². The highest BCUT2D eigenvalue weighted by atomic mass is 16.5. The van der Waals surface area contributed by atoms with E-state index in [-0.39, 0.29) is 0 Å². The first-order valence-electron chi connectivity index (χ1n) is 6.53. The van der Waals surface area contributed by atoms with E-state index in [9.17, 15) is 5.11 Å². The highest BCUT2D eigenvalue weighted by Crippen LogP contribution is 2.19. The molecule has 0 saturated carbocycles. The summed E-state index contributed by atoms with van der Waals surface area (Å²) in [7, 11) is 1.71. The molecule has 0 aliphatic carbocycles. The third-order valence-corrected chi connectivity index (χ3v) is 3.11. The van der Waals surface area contributed by atoms with Gasteiger partial charge in [-0.15, -0.1) is 0 Å². The van der Waals surface area contributed by atoms with Gasteiger partial charge in [0.1, 0.15) is 0 Å². The van der Waals surface area contributed by atoms with Crippen molar-refractivity contribution in [2.75, 3.05) is 25.2 Å². The molecule has 0 saturated heterocycles. The molecule has 2 atom stereocenters. The number of nitrogens with zero attached hydrogens (tertiary/aromatic N) is 2. The Bertz CT molecular complexity index is 340. The highest BCUT2D eigenvalue weighted by Gasteiger charge is 2.14. The zero-order valence-corrected chi connectivity index (χ0v) is 11.8. The first kappa shape index (κ1) is 14.9. The van der Waals surface area contributed by atoms with Gasteiger partial charge in [-0.05, 0) is 32.4 Å². The number of likely N-dealkylation sites (N-methyl/N-ethyl adjacent to an activating group) is 1. The molecule has 1 unspecified atom stereocenters. The van der Waals surface area contributed by atoms with Crippen molar-refractivity contribution in [3.05, 3.63) is 24.0 Å². The van der Waals surface area contributed by atoms with Gasteiger partial charge in [-0.1, -0.05) is 6.92 Å². The third kappa shape index (κ3) is 3.68. The zero-order valence-electron chi connectivity index (χ0n) is 11.8. The first-order valence-corrected chi connectivity index (χ1v) is 6.53. The van der Waals surface area contributed by atoms with E-state index in [1.54, 1.807) is 7.11 Å².